The van der Waals surface area contributed by atoms with E-state index >= 15 is 0 Å². The predicted octanol–water partition coefficient (Wildman–Crippen LogP) is 2.56. The average molecular weight is 417 g/mol. The van der Waals surface area contributed by atoms with Crippen molar-refractivity contribution in [2.45, 2.75) is 44.6 Å². The van der Waals surface area contributed by atoms with Crippen LogP contribution >= 0.6 is 0 Å². The molecule has 2 heterocycles. The molecule has 2 saturated heterocycles. The number of piperazine rings is 1. The highest BCUT2D eigenvalue weighted by molar-refractivity contribution is 5.92. The third-order valence-corrected chi connectivity index (χ3v) is 6.88. The zero-order valence-corrected chi connectivity index (χ0v) is 17.7. The van der Waals surface area contributed by atoms with E-state index in [0.29, 0.717) is 30.7 Å². The third kappa shape index (κ3) is 5.38. The molecule has 0 bridgehead atoms. The standard InChI is InChI=1S/C23H33FN4O2/c24-19-7-9-20(10-8-19)25-22(29)16-26-12-14-27(15-13-26)17-23(30)28-11-3-5-18-4-1-2-6-21(18)28/h7-10,18,21H,1-6,11-17H2,(H,25,29)/t18-,21+/m1/s1. The maximum absolute atomic E-state index is 13.0. The van der Waals surface area contributed by atoms with Crippen LogP contribution in [0.1, 0.15) is 38.5 Å². The molecule has 7 heteroatoms. The van der Waals surface area contributed by atoms with Crippen molar-refractivity contribution >= 4 is 17.5 Å². The number of hydrogen-bond donors (Lipinski definition) is 1. The Morgan fingerprint density at radius 3 is 2.23 bits per heavy atom. The summed E-state index contributed by atoms with van der Waals surface area (Å²) in [4.78, 5) is 31.7. The number of anilines is 1. The number of likely N-dealkylation sites (tertiary alicyclic amines) is 1. The number of hydrogen-bond acceptors (Lipinski definition) is 4. The van der Waals surface area contributed by atoms with Gasteiger partial charge in [-0.25, -0.2) is 4.39 Å². The average Bonchev–Trinajstić information content (AvgIpc) is 2.76. The van der Waals surface area contributed by atoms with Crippen molar-refractivity contribution in [1.82, 2.24) is 14.7 Å². The van der Waals surface area contributed by atoms with E-state index in [1.165, 1.54) is 44.2 Å². The van der Waals surface area contributed by atoms with Crippen LogP contribution in [0.25, 0.3) is 0 Å². The lowest BCUT2D eigenvalue weighted by Crippen LogP contribution is -2.55. The molecule has 1 aromatic rings. The fraction of sp³-hybridized carbons (Fsp3) is 0.652. The number of carbonyl (C=O) groups is 2. The molecular weight excluding hydrogens is 383 g/mol. The first kappa shape index (κ1) is 21.2. The number of amides is 2. The van der Waals surface area contributed by atoms with Crippen LogP contribution in [0.4, 0.5) is 10.1 Å². The predicted molar refractivity (Wildman–Crippen MR) is 115 cm³/mol. The lowest BCUT2D eigenvalue weighted by molar-refractivity contribution is -0.139. The van der Waals surface area contributed by atoms with Crippen molar-refractivity contribution in [3.05, 3.63) is 30.1 Å². The molecule has 1 N–H and O–H groups in total. The van der Waals surface area contributed by atoms with Crippen LogP contribution in [-0.4, -0.2) is 78.4 Å². The van der Waals surface area contributed by atoms with Crippen molar-refractivity contribution in [2.75, 3.05) is 51.1 Å². The van der Waals surface area contributed by atoms with E-state index in [4.69, 9.17) is 0 Å². The molecule has 1 aromatic carbocycles. The fourth-order valence-electron chi connectivity index (χ4n) is 5.26. The SMILES string of the molecule is O=C(CN1CCN(CC(=O)N2CCC[C@H]3CCCC[C@@H]32)CC1)Nc1ccc(F)cc1. The second-order valence-electron chi connectivity index (χ2n) is 8.95. The van der Waals surface area contributed by atoms with Crippen LogP contribution in [0.3, 0.4) is 0 Å². The first-order valence-electron chi connectivity index (χ1n) is 11.4. The Morgan fingerprint density at radius 2 is 1.50 bits per heavy atom. The van der Waals surface area contributed by atoms with Gasteiger partial charge in [0.05, 0.1) is 13.1 Å². The Balaban J connectivity index is 1.20. The highest BCUT2D eigenvalue weighted by Crippen LogP contribution is 2.35. The number of nitrogens with one attached hydrogen (secondary N) is 1. The van der Waals surface area contributed by atoms with Gasteiger partial charge in [-0.1, -0.05) is 12.8 Å². The van der Waals surface area contributed by atoms with Crippen LogP contribution in [-0.2, 0) is 9.59 Å². The molecule has 6 nitrogen and oxygen atoms in total. The molecule has 2 amide bonds. The van der Waals surface area contributed by atoms with Gasteiger partial charge in [0.1, 0.15) is 5.82 Å². The molecule has 1 aliphatic carbocycles. The van der Waals surface area contributed by atoms with Crippen molar-refractivity contribution in [1.29, 1.82) is 0 Å². The van der Waals surface area contributed by atoms with Gasteiger partial charge >= 0.3 is 0 Å². The molecule has 0 radical (unpaired) electrons. The van der Waals surface area contributed by atoms with Crippen LogP contribution in [0.15, 0.2) is 24.3 Å². The summed E-state index contributed by atoms with van der Waals surface area (Å²) >= 11 is 0. The number of fused-ring (bicyclic) bond motifs is 1. The molecule has 3 aliphatic rings. The summed E-state index contributed by atoms with van der Waals surface area (Å²) < 4.78 is 13.0. The van der Waals surface area contributed by atoms with Gasteiger partial charge < -0.3 is 10.2 Å². The molecule has 0 spiro atoms. The van der Waals surface area contributed by atoms with Crippen molar-refractivity contribution in [2.24, 2.45) is 5.92 Å². The van der Waals surface area contributed by atoms with Crippen molar-refractivity contribution < 1.29 is 14.0 Å². The quantitative estimate of drug-likeness (QED) is 0.802. The van der Waals surface area contributed by atoms with Gasteiger partial charge in [0, 0.05) is 44.5 Å². The number of benzene rings is 1. The largest absolute Gasteiger partial charge is 0.338 e. The highest BCUT2D eigenvalue weighted by atomic mass is 19.1. The lowest BCUT2D eigenvalue weighted by atomic mass is 9.78. The van der Waals surface area contributed by atoms with E-state index in [1.807, 2.05) is 0 Å². The Labute approximate surface area is 178 Å². The van der Waals surface area contributed by atoms with Crippen LogP contribution in [0.2, 0.25) is 0 Å². The zero-order valence-electron chi connectivity index (χ0n) is 17.7. The third-order valence-electron chi connectivity index (χ3n) is 6.88. The summed E-state index contributed by atoms with van der Waals surface area (Å²) in [6.45, 7) is 4.89. The molecule has 30 heavy (non-hydrogen) atoms. The summed E-state index contributed by atoms with van der Waals surface area (Å²) in [5.74, 6) is 0.590. The number of halogens is 1. The minimum absolute atomic E-state index is 0.0946. The topological polar surface area (TPSA) is 55.9 Å². The summed E-state index contributed by atoms with van der Waals surface area (Å²) in [6, 6.07) is 6.27. The summed E-state index contributed by atoms with van der Waals surface area (Å²) in [7, 11) is 0. The van der Waals surface area contributed by atoms with E-state index in [0.717, 1.165) is 39.1 Å². The summed E-state index contributed by atoms with van der Waals surface area (Å²) in [6.07, 6.45) is 7.46. The maximum Gasteiger partial charge on any atom is 0.238 e. The summed E-state index contributed by atoms with van der Waals surface area (Å²) in [5, 5.41) is 2.81. The van der Waals surface area contributed by atoms with Crippen LogP contribution in [0.5, 0.6) is 0 Å². The first-order chi connectivity index (χ1) is 14.6. The molecule has 0 unspecified atom stereocenters. The molecule has 164 valence electrons. The normalized spacial score (nSPS) is 25.6. The maximum atomic E-state index is 13.0. The van der Waals surface area contributed by atoms with E-state index in [1.54, 1.807) is 12.1 Å². The lowest BCUT2D eigenvalue weighted by Gasteiger charge is -2.45. The Morgan fingerprint density at radius 1 is 0.867 bits per heavy atom. The Hall–Kier alpha value is -1.99. The van der Waals surface area contributed by atoms with Gasteiger partial charge in [0.25, 0.3) is 0 Å². The second-order valence-corrected chi connectivity index (χ2v) is 8.95. The Kier molecular flexibility index (Phi) is 7.00. The van der Waals surface area contributed by atoms with Crippen molar-refractivity contribution in [3.63, 3.8) is 0 Å². The van der Waals surface area contributed by atoms with E-state index in [9.17, 15) is 14.0 Å². The molecule has 4 rings (SSSR count). The number of nitrogens with zero attached hydrogens (tertiary/aromatic N) is 3. The fourth-order valence-corrected chi connectivity index (χ4v) is 5.26. The molecule has 1 saturated carbocycles. The smallest absolute Gasteiger partial charge is 0.238 e. The zero-order chi connectivity index (χ0) is 20.9. The minimum Gasteiger partial charge on any atom is -0.338 e. The number of piperidine rings is 1. The van der Waals surface area contributed by atoms with Crippen molar-refractivity contribution in [3.8, 4) is 0 Å². The van der Waals surface area contributed by atoms with E-state index in [2.05, 4.69) is 20.0 Å². The van der Waals surface area contributed by atoms with Gasteiger partial charge in [-0.3, -0.25) is 19.4 Å². The number of rotatable bonds is 5. The Bertz CT molecular complexity index is 731. The second kappa shape index (κ2) is 9.88. The van der Waals surface area contributed by atoms with E-state index < -0.39 is 0 Å². The molecule has 2 atom stereocenters. The van der Waals surface area contributed by atoms with Crippen LogP contribution < -0.4 is 5.32 Å². The van der Waals surface area contributed by atoms with Gasteiger partial charge in [-0.2, -0.15) is 0 Å². The van der Waals surface area contributed by atoms with Gasteiger partial charge in [0.2, 0.25) is 11.8 Å². The minimum atomic E-state index is -0.317. The van der Waals surface area contributed by atoms with E-state index in [-0.39, 0.29) is 17.6 Å². The molecular formula is C23H33FN4O2. The highest BCUT2D eigenvalue weighted by Gasteiger charge is 2.36. The first-order valence-corrected chi connectivity index (χ1v) is 11.4. The van der Waals surface area contributed by atoms with Crippen LogP contribution in [0, 0.1) is 11.7 Å². The van der Waals surface area contributed by atoms with Gasteiger partial charge in [-0.15, -0.1) is 0 Å². The molecule has 3 fully saturated rings. The molecule has 2 aliphatic heterocycles. The summed E-state index contributed by atoms with van der Waals surface area (Å²) in [5.41, 5.74) is 0.605. The molecule has 0 aromatic heterocycles. The van der Waals surface area contributed by atoms with Gasteiger partial charge in [0.15, 0.2) is 0 Å². The monoisotopic (exact) mass is 416 g/mol. The van der Waals surface area contributed by atoms with Gasteiger partial charge in [-0.05, 0) is 55.9 Å². The number of carbonyl (C=O) groups excluding carboxylic acids is 2.